The Hall–Kier alpha value is -4.99. The molecular weight excluding hydrogens is 456 g/mol. The van der Waals surface area contributed by atoms with Crippen LogP contribution in [0.5, 0.6) is 0 Å². The fourth-order valence-corrected chi connectivity index (χ4v) is 4.31. The van der Waals surface area contributed by atoms with E-state index < -0.39 is 5.54 Å². The second kappa shape index (κ2) is 8.35. The molecule has 4 heterocycles. The van der Waals surface area contributed by atoms with Gasteiger partial charge in [-0.1, -0.05) is 60.7 Å². The van der Waals surface area contributed by atoms with Crippen LogP contribution < -0.4 is 11.1 Å². The molecule has 0 fully saturated rings. The molecule has 0 bridgehead atoms. The maximum Gasteiger partial charge on any atom is 0.252 e. The number of rotatable bonds is 6. The molecule has 6 rings (SSSR count). The van der Waals surface area contributed by atoms with Crippen LogP contribution in [0, 0.1) is 0 Å². The van der Waals surface area contributed by atoms with Crippen LogP contribution in [-0.4, -0.2) is 35.3 Å². The SMILES string of the molecule is CC(C(=O)NCc1ccccc1)(c1ccccc1)n1ncc2c1nc(N)n1nc(-c3ccco3)nc21. The lowest BCUT2D eigenvalue weighted by Crippen LogP contribution is -2.48. The van der Waals surface area contributed by atoms with Crippen molar-refractivity contribution in [2.45, 2.75) is 19.0 Å². The summed E-state index contributed by atoms with van der Waals surface area (Å²) in [5, 5.41) is 12.7. The molecule has 1 atom stereocenters. The van der Waals surface area contributed by atoms with Crippen molar-refractivity contribution < 1.29 is 9.21 Å². The minimum atomic E-state index is -1.22. The van der Waals surface area contributed by atoms with Gasteiger partial charge in [-0.05, 0) is 30.2 Å². The number of fused-ring (bicyclic) bond motifs is 3. The number of nitrogens with two attached hydrogens (primary N) is 1. The second-order valence-electron chi connectivity index (χ2n) is 8.52. The molecule has 4 aromatic heterocycles. The Balaban J connectivity index is 1.49. The van der Waals surface area contributed by atoms with E-state index >= 15 is 0 Å². The number of nitrogens with zero attached hydrogens (tertiary/aromatic N) is 6. The van der Waals surface area contributed by atoms with E-state index in [1.807, 2.05) is 67.6 Å². The molecule has 0 saturated carbocycles. The lowest BCUT2D eigenvalue weighted by molar-refractivity contribution is -0.127. The molecule has 0 radical (unpaired) electrons. The molecule has 0 spiro atoms. The fraction of sp³-hybridized carbons (Fsp3) is 0.115. The van der Waals surface area contributed by atoms with Gasteiger partial charge in [0.25, 0.3) is 5.91 Å². The minimum Gasteiger partial charge on any atom is -0.461 e. The van der Waals surface area contributed by atoms with E-state index in [0.29, 0.717) is 34.8 Å². The largest absolute Gasteiger partial charge is 0.461 e. The van der Waals surface area contributed by atoms with Crippen molar-refractivity contribution in [3.8, 4) is 11.6 Å². The van der Waals surface area contributed by atoms with Gasteiger partial charge in [-0.25, -0.2) is 9.67 Å². The normalized spacial score (nSPS) is 13.1. The third-order valence-corrected chi connectivity index (χ3v) is 6.27. The van der Waals surface area contributed by atoms with Gasteiger partial charge in [0.2, 0.25) is 11.8 Å². The average Bonchev–Trinajstić information content (AvgIpc) is 3.67. The van der Waals surface area contributed by atoms with Crippen molar-refractivity contribution in [3.05, 3.63) is 96.4 Å². The van der Waals surface area contributed by atoms with E-state index in [9.17, 15) is 4.79 Å². The van der Waals surface area contributed by atoms with E-state index in [0.717, 1.165) is 11.1 Å². The second-order valence-corrected chi connectivity index (χ2v) is 8.52. The fourth-order valence-electron chi connectivity index (χ4n) is 4.31. The van der Waals surface area contributed by atoms with Crippen LogP contribution in [0.2, 0.25) is 0 Å². The molecule has 1 amide bonds. The van der Waals surface area contributed by atoms with Gasteiger partial charge in [0.15, 0.2) is 22.6 Å². The van der Waals surface area contributed by atoms with Crippen molar-refractivity contribution in [3.63, 3.8) is 0 Å². The minimum absolute atomic E-state index is 0.115. The van der Waals surface area contributed by atoms with Gasteiger partial charge in [-0.2, -0.15) is 14.6 Å². The Morgan fingerprint density at radius 1 is 1.00 bits per heavy atom. The van der Waals surface area contributed by atoms with Crippen LogP contribution >= 0.6 is 0 Å². The Kier molecular flexibility index (Phi) is 4.99. The zero-order valence-electron chi connectivity index (χ0n) is 19.4. The maximum absolute atomic E-state index is 13.8. The summed E-state index contributed by atoms with van der Waals surface area (Å²) in [6.45, 7) is 2.19. The molecule has 0 aliphatic carbocycles. The highest BCUT2D eigenvalue weighted by molar-refractivity contribution is 5.94. The first-order valence-electron chi connectivity index (χ1n) is 11.4. The van der Waals surface area contributed by atoms with E-state index in [1.54, 1.807) is 29.3 Å². The zero-order valence-corrected chi connectivity index (χ0v) is 19.4. The van der Waals surface area contributed by atoms with Crippen LogP contribution in [-0.2, 0) is 16.9 Å². The first-order valence-corrected chi connectivity index (χ1v) is 11.4. The third kappa shape index (κ3) is 3.38. The maximum atomic E-state index is 13.8. The molecule has 1 unspecified atom stereocenters. The van der Waals surface area contributed by atoms with Gasteiger partial charge in [0, 0.05) is 6.54 Å². The Morgan fingerprint density at radius 3 is 2.47 bits per heavy atom. The van der Waals surface area contributed by atoms with Crippen molar-refractivity contribution in [1.82, 2.24) is 34.7 Å². The Bertz CT molecular complexity index is 1670. The van der Waals surface area contributed by atoms with Gasteiger partial charge < -0.3 is 15.5 Å². The molecule has 3 N–H and O–H groups in total. The number of furan rings is 1. The lowest BCUT2D eigenvalue weighted by atomic mass is 9.91. The summed E-state index contributed by atoms with van der Waals surface area (Å²) in [5.74, 6) is 0.762. The van der Waals surface area contributed by atoms with Crippen molar-refractivity contribution in [1.29, 1.82) is 0 Å². The molecule has 178 valence electrons. The summed E-state index contributed by atoms with van der Waals surface area (Å²) in [6, 6.07) is 22.7. The number of benzene rings is 2. The monoisotopic (exact) mass is 478 g/mol. The number of anilines is 1. The van der Waals surface area contributed by atoms with Gasteiger partial charge in [0.05, 0.1) is 17.8 Å². The molecule has 2 aromatic carbocycles. The molecule has 0 saturated heterocycles. The van der Waals surface area contributed by atoms with Crippen LogP contribution in [0.3, 0.4) is 0 Å². The van der Waals surface area contributed by atoms with Crippen LogP contribution in [0.1, 0.15) is 18.1 Å². The molecule has 10 heteroatoms. The van der Waals surface area contributed by atoms with Gasteiger partial charge in [0.1, 0.15) is 0 Å². The highest BCUT2D eigenvalue weighted by atomic mass is 16.3. The van der Waals surface area contributed by atoms with Crippen molar-refractivity contribution in [2.24, 2.45) is 0 Å². The van der Waals surface area contributed by atoms with Gasteiger partial charge >= 0.3 is 0 Å². The van der Waals surface area contributed by atoms with Gasteiger partial charge in [-0.3, -0.25) is 4.79 Å². The number of amides is 1. The molecule has 10 nitrogen and oxygen atoms in total. The first-order chi connectivity index (χ1) is 17.6. The number of carbonyl (C=O) groups is 1. The number of nitrogens with one attached hydrogen (secondary N) is 1. The highest BCUT2D eigenvalue weighted by Crippen LogP contribution is 2.31. The number of carbonyl (C=O) groups excluding carboxylic acids is 1. The predicted octanol–water partition coefficient (Wildman–Crippen LogP) is 3.40. The standard InChI is InChI=1S/C26H22N8O2/c1-26(18-11-6-3-7-12-18,24(35)28-15-17-9-4-2-5-10-17)34-23-19(16-29-34)22-30-21(20-13-8-14-36-20)32-33(22)25(27)31-23/h2-14,16H,15H2,1H3,(H2,27,31)(H,28,35). The number of hydrogen-bond donors (Lipinski definition) is 2. The number of nitrogen functional groups attached to an aromatic ring is 1. The molecule has 0 aliphatic heterocycles. The number of hydrogen-bond acceptors (Lipinski definition) is 7. The molecule has 0 aliphatic rings. The Morgan fingerprint density at radius 2 is 1.75 bits per heavy atom. The summed E-state index contributed by atoms with van der Waals surface area (Å²) in [5.41, 5.74) is 7.69. The average molecular weight is 479 g/mol. The van der Waals surface area contributed by atoms with Crippen LogP contribution in [0.15, 0.2) is 89.7 Å². The van der Waals surface area contributed by atoms with Crippen molar-refractivity contribution in [2.75, 3.05) is 5.73 Å². The summed E-state index contributed by atoms with van der Waals surface area (Å²) >= 11 is 0. The van der Waals surface area contributed by atoms with Crippen LogP contribution in [0.4, 0.5) is 5.95 Å². The van der Waals surface area contributed by atoms with Crippen LogP contribution in [0.25, 0.3) is 28.3 Å². The molecular formula is C26H22N8O2. The lowest BCUT2D eigenvalue weighted by Gasteiger charge is -2.30. The molecule has 6 aromatic rings. The Labute approximate surface area is 205 Å². The van der Waals surface area contributed by atoms with Crippen molar-refractivity contribution >= 4 is 28.5 Å². The van der Waals surface area contributed by atoms with E-state index in [1.165, 1.54) is 4.52 Å². The van der Waals surface area contributed by atoms with E-state index in [-0.39, 0.29) is 11.9 Å². The number of aromatic nitrogens is 6. The zero-order chi connectivity index (χ0) is 24.7. The van der Waals surface area contributed by atoms with E-state index in [4.69, 9.17) is 10.2 Å². The smallest absolute Gasteiger partial charge is 0.252 e. The van der Waals surface area contributed by atoms with Gasteiger partial charge in [-0.15, -0.1) is 5.10 Å². The highest BCUT2D eigenvalue weighted by Gasteiger charge is 2.40. The third-order valence-electron chi connectivity index (χ3n) is 6.27. The summed E-state index contributed by atoms with van der Waals surface area (Å²) in [7, 11) is 0. The summed E-state index contributed by atoms with van der Waals surface area (Å²) in [6.07, 6.45) is 3.18. The predicted molar refractivity (Wildman–Crippen MR) is 134 cm³/mol. The quantitative estimate of drug-likeness (QED) is 0.375. The first kappa shape index (κ1) is 21.5. The van der Waals surface area contributed by atoms with E-state index in [2.05, 4.69) is 25.5 Å². The topological polar surface area (TPSA) is 129 Å². The summed E-state index contributed by atoms with van der Waals surface area (Å²) < 4.78 is 8.48. The molecule has 36 heavy (non-hydrogen) atoms. The summed E-state index contributed by atoms with van der Waals surface area (Å²) in [4.78, 5) is 23.0.